The van der Waals surface area contributed by atoms with Gasteiger partial charge in [0.15, 0.2) is 4.80 Å². The van der Waals surface area contributed by atoms with Crippen LogP contribution in [0.4, 0.5) is 0 Å². The average Bonchev–Trinajstić information content (AvgIpc) is 2.89. The predicted octanol–water partition coefficient (Wildman–Crippen LogP) is 3.53. The summed E-state index contributed by atoms with van der Waals surface area (Å²) in [5.74, 6) is -0.792. The maximum atomic E-state index is 12.4. The van der Waals surface area contributed by atoms with Crippen LogP contribution in [0.1, 0.15) is 20.7 Å². The Bertz CT molecular complexity index is 1000. The van der Waals surface area contributed by atoms with Crippen LogP contribution in [-0.2, 0) is 11.8 Å². The zero-order valence-electron chi connectivity index (χ0n) is 12.9. The Morgan fingerprint density at radius 2 is 1.79 bits per heavy atom. The lowest BCUT2D eigenvalue weighted by molar-refractivity contribution is 0.0600. The molecule has 122 valence electrons. The van der Waals surface area contributed by atoms with E-state index in [2.05, 4.69) is 25.7 Å². The number of aromatic nitrogens is 1. The lowest BCUT2D eigenvalue weighted by Crippen LogP contribution is -2.13. The standard InChI is InChI=1S/C17H13BrN2O3S/c1-20-13-8-7-12(18)9-14(13)24-17(20)19-15(21)10-3-5-11(6-4-10)16(22)23-2/h3-9H,1-2H3. The minimum Gasteiger partial charge on any atom is -0.465 e. The number of benzene rings is 2. The second-order valence-electron chi connectivity index (χ2n) is 5.04. The fourth-order valence-electron chi connectivity index (χ4n) is 2.23. The second-order valence-corrected chi connectivity index (χ2v) is 6.97. The number of hydrogen-bond donors (Lipinski definition) is 0. The molecule has 0 aliphatic rings. The van der Waals surface area contributed by atoms with Gasteiger partial charge in [-0.25, -0.2) is 4.79 Å². The van der Waals surface area contributed by atoms with Crippen LogP contribution in [0.25, 0.3) is 10.2 Å². The number of rotatable bonds is 2. The fraction of sp³-hybridized carbons (Fsp3) is 0.118. The fourth-order valence-corrected chi connectivity index (χ4v) is 3.80. The van der Waals surface area contributed by atoms with Gasteiger partial charge in [0, 0.05) is 17.1 Å². The van der Waals surface area contributed by atoms with Crippen molar-refractivity contribution in [1.82, 2.24) is 4.57 Å². The van der Waals surface area contributed by atoms with E-state index in [0.29, 0.717) is 15.9 Å². The molecule has 0 radical (unpaired) electrons. The average molecular weight is 405 g/mol. The summed E-state index contributed by atoms with van der Waals surface area (Å²) in [7, 11) is 3.19. The molecule has 0 spiro atoms. The van der Waals surface area contributed by atoms with E-state index in [9.17, 15) is 9.59 Å². The summed E-state index contributed by atoms with van der Waals surface area (Å²) >= 11 is 4.88. The summed E-state index contributed by atoms with van der Waals surface area (Å²) in [5, 5.41) is 0. The number of carbonyl (C=O) groups is 2. The minimum atomic E-state index is -0.438. The van der Waals surface area contributed by atoms with Crippen LogP contribution in [0.5, 0.6) is 0 Å². The largest absolute Gasteiger partial charge is 0.465 e. The summed E-state index contributed by atoms with van der Waals surface area (Å²) in [6.07, 6.45) is 0. The molecule has 1 heterocycles. The molecule has 1 amide bonds. The Morgan fingerprint density at radius 3 is 2.46 bits per heavy atom. The van der Waals surface area contributed by atoms with E-state index in [-0.39, 0.29) is 5.91 Å². The van der Waals surface area contributed by atoms with Crippen molar-refractivity contribution in [3.05, 3.63) is 62.9 Å². The number of hydrogen-bond acceptors (Lipinski definition) is 4. The Balaban J connectivity index is 1.97. The van der Waals surface area contributed by atoms with Gasteiger partial charge in [0.2, 0.25) is 0 Å². The highest BCUT2D eigenvalue weighted by molar-refractivity contribution is 9.10. The van der Waals surface area contributed by atoms with Gasteiger partial charge >= 0.3 is 5.97 Å². The van der Waals surface area contributed by atoms with Crippen molar-refractivity contribution in [2.24, 2.45) is 12.0 Å². The third-order valence-electron chi connectivity index (χ3n) is 3.52. The van der Waals surface area contributed by atoms with Crippen LogP contribution in [0.15, 0.2) is 51.9 Å². The van der Waals surface area contributed by atoms with E-state index in [4.69, 9.17) is 0 Å². The highest BCUT2D eigenvalue weighted by atomic mass is 79.9. The van der Waals surface area contributed by atoms with E-state index in [1.54, 1.807) is 24.3 Å². The molecule has 5 nitrogen and oxygen atoms in total. The lowest BCUT2D eigenvalue weighted by Gasteiger charge is -2.00. The van der Waals surface area contributed by atoms with Crippen molar-refractivity contribution in [3.8, 4) is 0 Å². The zero-order chi connectivity index (χ0) is 17.3. The highest BCUT2D eigenvalue weighted by Crippen LogP contribution is 2.21. The molecule has 0 fully saturated rings. The van der Waals surface area contributed by atoms with Crippen LogP contribution in [0, 0.1) is 0 Å². The number of halogens is 1. The van der Waals surface area contributed by atoms with Crippen LogP contribution in [-0.4, -0.2) is 23.6 Å². The summed E-state index contributed by atoms with van der Waals surface area (Å²) < 4.78 is 8.54. The van der Waals surface area contributed by atoms with E-state index in [0.717, 1.165) is 14.7 Å². The maximum Gasteiger partial charge on any atom is 0.337 e. The van der Waals surface area contributed by atoms with Gasteiger partial charge < -0.3 is 9.30 Å². The number of nitrogens with zero attached hydrogens (tertiary/aromatic N) is 2. The highest BCUT2D eigenvalue weighted by Gasteiger charge is 2.10. The number of fused-ring (bicyclic) bond motifs is 1. The smallest absolute Gasteiger partial charge is 0.337 e. The molecular weight excluding hydrogens is 392 g/mol. The number of aryl methyl sites for hydroxylation is 1. The molecule has 0 bridgehead atoms. The summed E-state index contributed by atoms with van der Waals surface area (Å²) in [4.78, 5) is 28.6. The Labute approximate surface area is 150 Å². The minimum absolute atomic E-state index is 0.354. The molecule has 1 aromatic heterocycles. The van der Waals surface area contributed by atoms with E-state index in [1.807, 2.05) is 29.8 Å². The summed E-state index contributed by atoms with van der Waals surface area (Å²) in [5.41, 5.74) is 1.82. The van der Waals surface area contributed by atoms with E-state index >= 15 is 0 Å². The maximum absolute atomic E-state index is 12.4. The van der Waals surface area contributed by atoms with Crippen LogP contribution in [0.3, 0.4) is 0 Å². The molecule has 0 aliphatic heterocycles. The van der Waals surface area contributed by atoms with Crippen LogP contribution >= 0.6 is 27.3 Å². The molecule has 3 aromatic rings. The van der Waals surface area contributed by atoms with Gasteiger partial charge in [0.25, 0.3) is 5.91 Å². The molecule has 3 rings (SSSR count). The molecule has 7 heteroatoms. The van der Waals surface area contributed by atoms with Gasteiger partial charge in [0.05, 0.1) is 22.9 Å². The van der Waals surface area contributed by atoms with Gasteiger partial charge in [-0.3, -0.25) is 4.79 Å². The first-order valence-corrected chi connectivity index (χ1v) is 8.63. The van der Waals surface area contributed by atoms with Crippen molar-refractivity contribution in [2.45, 2.75) is 0 Å². The first-order valence-electron chi connectivity index (χ1n) is 7.02. The number of ether oxygens (including phenoxy) is 1. The van der Waals surface area contributed by atoms with Gasteiger partial charge in [-0.1, -0.05) is 27.3 Å². The van der Waals surface area contributed by atoms with Gasteiger partial charge in [-0.05, 0) is 42.5 Å². The normalized spacial score (nSPS) is 11.7. The monoisotopic (exact) mass is 404 g/mol. The first kappa shape index (κ1) is 16.6. The van der Waals surface area contributed by atoms with Gasteiger partial charge in [-0.2, -0.15) is 4.99 Å². The van der Waals surface area contributed by atoms with Gasteiger partial charge in [0.1, 0.15) is 0 Å². The van der Waals surface area contributed by atoms with E-state index in [1.165, 1.54) is 18.4 Å². The SMILES string of the molecule is COC(=O)c1ccc(C(=O)N=c2sc3cc(Br)ccc3n2C)cc1. The Kier molecular flexibility index (Phi) is 4.64. The number of esters is 1. The lowest BCUT2D eigenvalue weighted by atomic mass is 10.1. The summed E-state index contributed by atoms with van der Waals surface area (Å²) in [6.45, 7) is 0. The molecular formula is C17H13BrN2O3S. The van der Waals surface area contributed by atoms with Crippen LogP contribution in [0.2, 0.25) is 0 Å². The molecule has 0 N–H and O–H groups in total. The van der Waals surface area contributed by atoms with Crippen molar-refractivity contribution < 1.29 is 14.3 Å². The Morgan fingerprint density at radius 1 is 1.12 bits per heavy atom. The molecule has 24 heavy (non-hydrogen) atoms. The molecule has 0 unspecified atom stereocenters. The molecule has 2 aromatic carbocycles. The number of amides is 1. The first-order chi connectivity index (χ1) is 11.5. The predicted molar refractivity (Wildman–Crippen MR) is 96.2 cm³/mol. The van der Waals surface area contributed by atoms with Crippen molar-refractivity contribution in [2.75, 3.05) is 7.11 Å². The quantitative estimate of drug-likeness (QED) is 0.613. The van der Waals surface area contributed by atoms with Crippen molar-refractivity contribution >= 4 is 49.4 Å². The molecule has 0 saturated carbocycles. The number of thiazole rings is 1. The third kappa shape index (κ3) is 3.18. The van der Waals surface area contributed by atoms with Crippen molar-refractivity contribution in [3.63, 3.8) is 0 Å². The van der Waals surface area contributed by atoms with Gasteiger partial charge in [-0.15, -0.1) is 0 Å². The molecule has 0 saturated heterocycles. The van der Waals surface area contributed by atoms with Crippen molar-refractivity contribution in [1.29, 1.82) is 0 Å². The second kappa shape index (κ2) is 6.70. The Hall–Kier alpha value is -2.25. The molecule has 0 aliphatic carbocycles. The third-order valence-corrected chi connectivity index (χ3v) is 5.11. The zero-order valence-corrected chi connectivity index (χ0v) is 15.3. The number of methoxy groups -OCH3 is 1. The van der Waals surface area contributed by atoms with E-state index < -0.39 is 5.97 Å². The molecule has 0 atom stereocenters. The number of carbonyl (C=O) groups excluding carboxylic acids is 2. The topological polar surface area (TPSA) is 60.7 Å². The summed E-state index contributed by atoms with van der Waals surface area (Å²) in [6, 6.07) is 12.2. The van der Waals surface area contributed by atoms with Crippen LogP contribution < -0.4 is 4.80 Å².